The Hall–Kier alpha value is -2.37. The molecular formula is C26H37NO4. The number of hydrogen-bond acceptors (Lipinski definition) is 4. The predicted octanol–water partition coefficient (Wildman–Crippen LogP) is 4.73. The summed E-state index contributed by atoms with van der Waals surface area (Å²) in [5.41, 5.74) is -1.66. The third-order valence-corrected chi connectivity index (χ3v) is 5.53. The lowest BCUT2D eigenvalue weighted by Crippen LogP contribution is -2.49. The fraction of sp³-hybridized carbons (Fsp3) is 0.500. The molecule has 0 aromatic heterocycles. The minimum absolute atomic E-state index is 0.0973. The fourth-order valence-electron chi connectivity index (χ4n) is 3.62. The van der Waals surface area contributed by atoms with Gasteiger partial charge in [0.15, 0.2) is 5.60 Å². The molecule has 5 heteroatoms. The summed E-state index contributed by atoms with van der Waals surface area (Å²) in [7, 11) is 0. The summed E-state index contributed by atoms with van der Waals surface area (Å²) in [6.07, 6.45) is 2.19. The highest BCUT2D eigenvalue weighted by Gasteiger charge is 2.37. The summed E-state index contributed by atoms with van der Waals surface area (Å²) in [4.78, 5) is 12.9. The van der Waals surface area contributed by atoms with Crippen molar-refractivity contribution in [2.24, 2.45) is 5.41 Å². The number of ether oxygens (including phenoxy) is 1. The molecule has 5 nitrogen and oxygen atoms in total. The van der Waals surface area contributed by atoms with Crippen molar-refractivity contribution in [3.05, 3.63) is 65.7 Å². The van der Waals surface area contributed by atoms with Gasteiger partial charge in [-0.05, 0) is 55.9 Å². The van der Waals surface area contributed by atoms with Crippen molar-refractivity contribution in [1.29, 1.82) is 0 Å². The van der Waals surface area contributed by atoms with E-state index in [2.05, 4.69) is 26.1 Å². The first-order valence-electron chi connectivity index (χ1n) is 10.9. The number of rotatable bonds is 10. The van der Waals surface area contributed by atoms with Gasteiger partial charge in [0.05, 0.1) is 18.2 Å². The molecule has 2 rings (SSSR count). The van der Waals surface area contributed by atoms with E-state index in [1.165, 1.54) is 6.92 Å². The minimum Gasteiger partial charge on any atom is -0.493 e. The average Bonchev–Trinajstić information content (AvgIpc) is 2.70. The Morgan fingerprint density at radius 1 is 0.968 bits per heavy atom. The number of nitrogens with one attached hydrogen (secondary N) is 1. The van der Waals surface area contributed by atoms with E-state index in [0.717, 1.165) is 24.2 Å². The van der Waals surface area contributed by atoms with Gasteiger partial charge in [-0.15, -0.1) is 0 Å². The van der Waals surface area contributed by atoms with Crippen molar-refractivity contribution >= 4 is 5.91 Å². The van der Waals surface area contributed by atoms with Gasteiger partial charge in [-0.3, -0.25) is 4.79 Å². The molecule has 2 aromatic rings. The highest BCUT2D eigenvalue weighted by atomic mass is 16.5. The molecule has 0 radical (unpaired) electrons. The highest BCUT2D eigenvalue weighted by molar-refractivity contribution is 5.86. The second-order valence-corrected chi connectivity index (χ2v) is 9.77. The number of benzene rings is 2. The van der Waals surface area contributed by atoms with Crippen LogP contribution in [0.4, 0.5) is 0 Å². The summed E-state index contributed by atoms with van der Waals surface area (Å²) in [5, 5.41) is 24.4. The Bertz CT molecular complexity index is 836. The first-order valence-corrected chi connectivity index (χ1v) is 10.9. The number of carbonyl (C=O) groups excluding carboxylic acids is 1. The van der Waals surface area contributed by atoms with E-state index in [4.69, 9.17) is 4.74 Å². The Balaban J connectivity index is 2.17. The third kappa shape index (κ3) is 6.81. The maximum Gasteiger partial charge on any atom is 0.256 e. The lowest BCUT2D eigenvalue weighted by molar-refractivity contribution is -0.141. The van der Waals surface area contributed by atoms with Gasteiger partial charge in [0.1, 0.15) is 5.75 Å². The molecule has 0 spiro atoms. The van der Waals surface area contributed by atoms with Crippen LogP contribution in [-0.2, 0) is 10.4 Å². The Morgan fingerprint density at radius 3 is 2.06 bits per heavy atom. The van der Waals surface area contributed by atoms with Crippen LogP contribution in [0.1, 0.15) is 71.6 Å². The minimum atomic E-state index is -1.72. The summed E-state index contributed by atoms with van der Waals surface area (Å²) in [6, 6.07) is 15.4. The van der Waals surface area contributed by atoms with E-state index in [1.54, 1.807) is 38.1 Å². The van der Waals surface area contributed by atoms with E-state index in [-0.39, 0.29) is 5.41 Å². The molecule has 2 atom stereocenters. The zero-order valence-corrected chi connectivity index (χ0v) is 19.6. The van der Waals surface area contributed by atoms with E-state index in [9.17, 15) is 15.0 Å². The molecule has 0 aliphatic carbocycles. The van der Waals surface area contributed by atoms with Crippen LogP contribution < -0.4 is 10.1 Å². The van der Waals surface area contributed by atoms with Gasteiger partial charge in [-0.2, -0.15) is 0 Å². The zero-order chi connectivity index (χ0) is 23.3. The molecule has 0 saturated heterocycles. The van der Waals surface area contributed by atoms with Crippen LogP contribution in [0.3, 0.4) is 0 Å². The van der Waals surface area contributed by atoms with E-state index >= 15 is 0 Å². The largest absolute Gasteiger partial charge is 0.493 e. The molecule has 0 heterocycles. The molecular weight excluding hydrogens is 390 g/mol. The van der Waals surface area contributed by atoms with Gasteiger partial charge >= 0.3 is 0 Å². The molecule has 0 fully saturated rings. The van der Waals surface area contributed by atoms with Crippen LogP contribution in [0.25, 0.3) is 0 Å². The topological polar surface area (TPSA) is 78.8 Å². The molecule has 0 saturated carbocycles. The predicted molar refractivity (Wildman–Crippen MR) is 124 cm³/mol. The van der Waals surface area contributed by atoms with E-state index in [0.29, 0.717) is 12.2 Å². The number of carbonyl (C=O) groups is 1. The van der Waals surface area contributed by atoms with Crippen LogP contribution in [0, 0.1) is 5.41 Å². The molecule has 31 heavy (non-hydrogen) atoms. The molecule has 1 amide bonds. The van der Waals surface area contributed by atoms with Gasteiger partial charge in [0.2, 0.25) is 0 Å². The van der Waals surface area contributed by atoms with Gasteiger partial charge in [0.25, 0.3) is 5.91 Å². The third-order valence-electron chi connectivity index (χ3n) is 5.53. The van der Waals surface area contributed by atoms with Gasteiger partial charge in [0, 0.05) is 0 Å². The lowest BCUT2D eigenvalue weighted by Gasteiger charge is -2.33. The summed E-state index contributed by atoms with van der Waals surface area (Å²) in [6.45, 7) is 11.9. The molecule has 0 aliphatic rings. The first-order chi connectivity index (χ1) is 14.4. The second kappa shape index (κ2) is 9.84. The number of aliphatic hydroxyl groups is 2. The second-order valence-electron chi connectivity index (χ2n) is 9.77. The number of amides is 1. The van der Waals surface area contributed by atoms with Crippen LogP contribution in [0.15, 0.2) is 54.6 Å². The van der Waals surface area contributed by atoms with Gasteiger partial charge < -0.3 is 20.3 Å². The van der Waals surface area contributed by atoms with Crippen molar-refractivity contribution in [3.8, 4) is 5.75 Å². The quantitative estimate of drug-likeness (QED) is 0.512. The SMILES string of the molecule is CCCC(C)(C)COc1ccc([C@@H](NC(=O)[C@](C)(O)c2ccccc2)C(C)(C)O)cc1. The summed E-state index contributed by atoms with van der Waals surface area (Å²) < 4.78 is 5.95. The van der Waals surface area contributed by atoms with Crippen LogP contribution in [0.2, 0.25) is 0 Å². The highest BCUT2D eigenvalue weighted by Crippen LogP contribution is 2.30. The van der Waals surface area contributed by atoms with Gasteiger partial charge in [-0.1, -0.05) is 69.7 Å². The maximum atomic E-state index is 12.9. The van der Waals surface area contributed by atoms with Crippen molar-refractivity contribution in [2.75, 3.05) is 6.61 Å². The van der Waals surface area contributed by atoms with Crippen molar-refractivity contribution < 1.29 is 19.7 Å². The smallest absolute Gasteiger partial charge is 0.256 e. The van der Waals surface area contributed by atoms with Crippen molar-refractivity contribution in [1.82, 2.24) is 5.32 Å². The average molecular weight is 428 g/mol. The van der Waals surface area contributed by atoms with Crippen LogP contribution in [0.5, 0.6) is 5.75 Å². The normalized spacial score (nSPS) is 15.1. The molecule has 0 bridgehead atoms. The van der Waals surface area contributed by atoms with Gasteiger partial charge in [-0.25, -0.2) is 0 Å². The standard InChI is InChI=1S/C26H37NO4/c1-7-17-24(2,3)18-31-21-15-13-19(14-16-21)22(25(4,5)29)27-23(28)26(6,30)20-11-9-8-10-12-20/h8-16,22,29-30H,7,17-18H2,1-6H3,(H,27,28)/t22-,26-/m1/s1. The molecule has 2 aromatic carbocycles. The monoisotopic (exact) mass is 427 g/mol. The van der Waals surface area contributed by atoms with Crippen molar-refractivity contribution in [3.63, 3.8) is 0 Å². The summed E-state index contributed by atoms with van der Waals surface area (Å²) >= 11 is 0. The number of hydrogen-bond donors (Lipinski definition) is 3. The maximum absolute atomic E-state index is 12.9. The van der Waals surface area contributed by atoms with Crippen LogP contribution in [-0.4, -0.2) is 28.3 Å². The van der Waals surface area contributed by atoms with Crippen LogP contribution >= 0.6 is 0 Å². The molecule has 170 valence electrons. The zero-order valence-electron chi connectivity index (χ0n) is 19.6. The van der Waals surface area contributed by atoms with E-state index in [1.807, 2.05) is 30.3 Å². The first kappa shape index (κ1) is 24.9. The fourth-order valence-corrected chi connectivity index (χ4v) is 3.62. The Labute approximate surface area is 186 Å². The van der Waals surface area contributed by atoms with E-state index < -0.39 is 23.2 Å². The Morgan fingerprint density at radius 2 is 1.55 bits per heavy atom. The molecule has 0 aliphatic heterocycles. The molecule has 3 N–H and O–H groups in total. The Kier molecular flexibility index (Phi) is 7.90. The summed E-state index contributed by atoms with van der Waals surface area (Å²) in [5.74, 6) is 0.164. The lowest BCUT2D eigenvalue weighted by atomic mass is 9.89. The van der Waals surface area contributed by atoms with Crippen molar-refractivity contribution in [2.45, 2.75) is 71.6 Å². The molecule has 0 unspecified atom stereocenters.